The zero-order valence-electron chi connectivity index (χ0n) is 41.9. The lowest BCUT2D eigenvalue weighted by Crippen LogP contribution is -1.99. The van der Waals surface area contributed by atoms with Crippen molar-refractivity contribution in [3.8, 4) is 85.5 Å². The summed E-state index contributed by atoms with van der Waals surface area (Å²) in [5.41, 5.74) is 13.3. The van der Waals surface area contributed by atoms with Gasteiger partial charge in [0.05, 0.1) is 0 Å². The van der Waals surface area contributed by atoms with Crippen molar-refractivity contribution in [3.05, 3.63) is 270 Å². The molecule has 0 unspecified atom stereocenters. The maximum absolute atomic E-state index is 9.59. The van der Waals surface area contributed by atoms with Gasteiger partial charge in [0, 0.05) is 98.1 Å². The van der Waals surface area contributed by atoms with Crippen LogP contribution >= 0.6 is 22.6 Å². The Kier molecular flexibility index (Phi) is 15.0. The third-order valence-corrected chi connectivity index (χ3v) is 13.3. The van der Waals surface area contributed by atoms with Crippen LogP contribution in [0, 0.1) is 31.3 Å². The van der Waals surface area contributed by atoms with Crippen molar-refractivity contribution >= 4 is 22.6 Å². The number of aromatic hydroxyl groups is 1. The Hall–Kier alpha value is -9.07. The van der Waals surface area contributed by atoms with Crippen LogP contribution in [0.15, 0.2) is 244 Å². The third-order valence-electron chi connectivity index (χ3n) is 12.7. The quantitative estimate of drug-likeness (QED) is 0.137. The fourth-order valence-electron chi connectivity index (χ4n) is 8.99. The van der Waals surface area contributed by atoms with Gasteiger partial charge in [-0.25, -0.2) is 19.9 Å². The Morgan fingerprint density at radius 2 is 0.653 bits per heavy atom. The molecular formula is C64H53IN8O2. The Morgan fingerprint density at radius 1 is 0.347 bits per heavy atom. The van der Waals surface area contributed by atoms with Crippen molar-refractivity contribution in [3.63, 3.8) is 0 Å². The number of aryl methyl sites for hydroxylation is 4. The lowest BCUT2D eigenvalue weighted by molar-refractivity contribution is 0.475. The number of hydrogen-bond acceptors (Lipinski definition) is 6. The molecule has 0 spiro atoms. The molecule has 75 heavy (non-hydrogen) atoms. The highest BCUT2D eigenvalue weighted by Gasteiger charge is 2.15. The molecule has 0 radical (unpaired) electrons. The van der Waals surface area contributed by atoms with Crippen molar-refractivity contribution in [1.29, 1.82) is 0 Å². The van der Waals surface area contributed by atoms with Gasteiger partial charge in [-0.05, 0) is 145 Å². The van der Waals surface area contributed by atoms with Crippen LogP contribution in [0.25, 0.3) is 68.3 Å². The number of rotatable bonds is 10. The Morgan fingerprint density at radius 3 is 0.987 bits per heavy atom. The summed E-state index contributed by atoms with van der Waals surface area (Å²) in [6.07, 6.45) is 15.2. The summed E-state index contributed by atoms with van der Waals surface area (Å²) < 4.78 is 15.9. The van der Waals surface area contributed by atoms with Gasteiger partial charge in [-0.3, -0.25) is 18.3 Å². The predicted molar refractivity (Wildman–Crippen MR) is 309 cm³/mol. The second kappa shape index (κ2) is 22.8. The first kappa shape index (κ1) is 49.5. The van der Waals surface area contributed by atoms with Gasteiger partial charge in [0.25, 0.3) is 0 Å². The summed E-state index contributed by atoms with van der Waals surface area (Å²) in [5.74, 6) is 5.28. The van der Waals surface area contributed by atoms with Crippen LogP contribution < -0.4 is 4.74 Å². The van der Waals surface area contributed by atoms with E-state index < -0.39 is 0 Å². The molecule has 10 nitrogen and oxygen atoms in total. The number of ether oxygens (including phenoxy) is 1. The van der Waals surface area contributed by atoms with Crippen LogP contribution in [0.5, 0.6) is 17.2 Å². The molecule has 12 aromatic rings. The standard InChI is InChI=1S/C32H26N4O.C16H13IN2.C16H14N2O/c1-23-9-3-5-15-29(23)35-19-17-33-31(35)25-11-7-13-27(21-25)37-28-14-8-12-26(22-28)32-34-18-20-36(32)30-16-6-4-10-24(30)2;1-12-5-2-3-8-15(12)19-10-9-18-16(19)13-6-4-7-14(17)11-13;1-12-5-2-3-8-15(12)18-10-9-17-16(18)13-6-4-7-14(19)11-13/h3-22H,1-2H3;2-11H,1H3;2-11,19H,1H3. The van der Waals surface area contributed by atoms with E-state index >= 15 is 0 Å². The van der Waals surface area contributed by atoms with E-state index in [9.17, 15) is 5.11 Å². The van der Waals surface area contributed by atoms with E-state index in [0.717, 1.165) is 74.1 Å². The van der Waals surface area contributed by atoms with Crippen LogP contribution in [0.4, 0.5) is 0 Å². The van der Waals surface area contributed by atoms with Gasteiger partial charge in [0.1, 0.15) is 40.5 Å². The van der Waals surface area contributed by atoms with Crippen molar-refractivity contribution < 1.29 is 9.84 Å². The maximum Gasteiger partial charge on any atom is 0.144 e. The second-order valence-electron chi connectivity index (χ2n) is 17.8. The highest BCUT2D eigenvalue weighted by Crippen LogP contribution is 2.33. The number of phenols is 1. The third kappa shape index (κ3) is 11.3. The van der Waals surface area contributed by atoms with Crippen molar-refractivity contribution in [2.45, 2.75) is 27.7 Å². The van der Waals surface area contributed by atoms with Crippen LogP contribution in [-0.4, -0.2) is 43.3 Å². The molecule has 0 bridgehead atoms. The highest BCUT2D eigenvalue weighted by molar-refractivity contribution is 14.1. The molecule has 0 saturated carbocycles. The molecule has 4 heterocycles. The molecule has 4 aromatic heterocycles. The van der Waals surface area contributed by atoms with E-state index in [-0.39, 0.29) is 5.75 Å². The summed E-state index contributed by atoms with van der Waals surface area (Å²) in [4.78, 5) is 18.2. The van der Waals surface area contributed by atoms with E-state index in [2.05, 4.69) is 181 Å². The number of nitrogens with zero attached hydrogens (tertiary/aromatic N) is 8. The number of para-hydroxylation sites is 4. The van der Waals surface area contributed by atoms with Crippen LogP contribution in [0.3, 0.4) is 0 Å². The molecular weight excluding hydrogens is 1040 g/mol. The number of benzene rings is 8. The smallest absolute Gasteiger partial charge is 0.144 e. The first-order valence-corrected chi connectivity index (χ1v) is 25.6. The zero-order valence-corrected chi connectivity index (χ0v) is 44.1. The number of phenolic OH excluding ortho intramolecular Hbond substituents is 1. The molecule has 0 amide bonds. The van der Waals surface area contributed by atoms with E-state index in [1.165, 1.54) is 31.5 Å². The van der Waals surface area contributed by atoms with Crippen molar-refractivity contribution in [1.82, 2.24) is 38.2 Å². The molecule has 11 heteroatoms. The van der Waals surface area contributed by atoms with Gasteiger partial charge in [-0.2, -0.15) is 0 Å². The minimum absolute atomic E-state index is 0.247. The van der Waals surface area contributed by atoms with Crippen LogP contribution in [0.1, 0.15) is 22.3 Å². The highest BCUT2D eigenvalue weighted by atomic mass is 127. The molecule has 1 N–H and O–H groups in total. The SMILES string of the molecule is Cc1ccccc1-n1ccnc1-c1cccc(I)c1.Cc1ccccc1-n1ccnc1-c1cccc(O)c1.Cc1ccccc1-n1ccnc1-c1cccc(Oc2cccc(-c3nccn3-c3ccccc3C)c2)c1. The summed E-state index contributed by atoms with van der Waals surface area (Å²) >= 11 is 2.33. The Bertz CT molecular complexity index is 3630. The number of halogens is 1. The Labute approximate surface area is 450 Å². The van der Waals surface area contributed by atoms with E-state index in [1.807, 2.05) is 133 Å². The van der Waals surface area contributed by atoms with Gasteiger partial charge >= 0.3 is 0 Å². The summed E-state index contributed by atoms with van der Waals surface area (Å²) in [6.45, 7) is 8.40. The monoisotopic (exact) mass is 1090 g/mol. The van der Waals surface area contributed by atoms with E-state index in [4.69, 9.17) is 4.74 Å². The van der Waals surface area contributed by atoms with Crippen LogP contribution in [0.2, 0.25) is 0 Å². The molecule has 8 aromatic carbocycles. The summed E-state index contributed by atoms with van der Waals surface area (Å²) in [7, 11) is 0. The lowest BCUT2D eigenvalue weighted by Gasteiger charge is -2.13. The number of hydrogen-bond donors (Lipinski definition) is 1. The fourth-order valence-corrected chi connectivity index (χ4v) is 9.53. The number of imidazole rings is 4. The van der Waals surface area contributed by atoms with E-state index in [0.29, 0.717) is 0 Å². The molecule has 0 aliphatic carbocycles. The minimum atomic E-state index is 0.247. The first-order chi connectivity index (χ1) is 36.7. The normalized spacial score (nSPS) is 10.8. The molecule has 12 rings (SSSR count). The van der Waals surface area contributed by atoms with Crippen molar-refractivity contribution in [2.24, 2.45) is 0 Å². The van der Waals surface area contributed by atoms with Gasteiger partial charge in [-0.15, -0.1) is 0 Å². The molecule has 0 aliphatic rings. The minimum Gasteiger partial charge on any atom is -0.508 e. The zero-order chi connectivity index (χ0) is 51.7. The predicted octanol–water partition coefficient (Wildman–Crippen LogP) is 15.8. The first-order valence-electron chi connectivity index (χ1n) is 24.5. The van der Waals surface area contributed by atoms with Gasteiger partial charge < -0.3 is 9.84 Å². The molecule has 0 fully saturated rings. The average Bonchev–Trinajstić information content (AvgIpc) is 4.29. The topological polar surface area (TPSA) is 101 Å². The van der Waals surface area contributed by atoms with Gasteiger partial charge in [-0.1, -0.05) is 121 Å². The van der Waals surface area contributed by atoms with E-state index in [1.54, 1.807) is 18.3 Å². The molecule has 368 valence electrons. The largest absolute Gasteiger partial charge is 0.508 e. The molecule has 0 aliphatic heterocycles. The van der Waals surface area contributed by atoms with Gasteiger partial charge in [0.2, 0.25) is 0 Å². The summed E-state index contributed by atoms with van der Waals surface area (Å²) in [5, 5.41) is 9.59. The maximum atomic E-state index is 9.59. The average molecular weight is 1090 g/mol. The van der Waals surface area contributed by atoms with Crippen molar-refractivity contribution in [2.75, 3.05) is 0 Å². The lowest BCUT2D eigenvalue weighted by atomic mass is 10.1. The Balaban J connectivity index is 0.000000142. The number of aromatic nitrogens is 8. The second-order valence-corrected chi connectivity index (χ2v) is 19.1. The molecule has 0 atom stereocenters. The van der Waals surface area contributed by atoms with Gasteiger partial charge in [0.15, 0.2) is 0 Å². The van der Waals surface area contributed by atoms with Crippen LogP contribution in [-0.2, 0) is 0 Å². The fraction of sp³-hybridized carbons (Fsp3) is 0.0625. The molecule has 0 saturated heterocycles. The summed E-state index contributed by atoms with van der Waals surface area (Å²) in [6, 6.07) is 64.7.